The highest BCUT2D eigenvalue weighted by molar-refractivity contribution is 7.89. The van der Waals surface area contributed by atoms with Gasteiger partial charge in [-0.2, -0.15) is 4.31 Å². The van der Waals surface area contributed by atoms with Crippen LogP contribution in [0.25, 0.3) is 0 Å². The summed E-state index contributed by atoms with van der Waals surface area (Å²) in [6.45, 7) is 4.14. The highest BCUT2D eigenvalue weighted by Crippen LogP contribution is 2.25. The third kappa shape index (κ3) is 3.82. The number of ether oxygens (including phenoxy) is 1. The molecule has 146 valence electrons. The van der Waals surface area contributed by atoms with Crippen molar-refractivity contribution < 1.29 is 17.9 Å². The highest BCUT2D eigenvalue weighted by atomic mass is 32.2. The van der Waals surface area contributed by atoms with Gasteiger partial charge in [0.25, 0.3) is 5.91 Å². The van der Waals surface area contributed by atoms with Gasteiger partial charge in [-0.25, -0.2) is 8.42 Å². The lowest BCUT2D eigenvalue weighted by Gasteiger charge is -2.33. The second kappa shape index (κ2) is 8.10. The van der Waals surface area contributed by atoms with E-state index in [1.807, 2.05) is 11.8 Å². The van der Waals surface area contributed by atoms with Gasteiger partial charge in [0.1, 0.15) is 10.6 Å². The summed E-state index contributed by atoms with van der Waals surface area (Å²) in [5.74, 6) is -0.0784. The van der Waals surface area contributed by atoms with Gasteiger partial charge >= 0.3 is 0 Å². The SMILES string of the molecule is CCN(C(=O)c1cc(S(=O)(=O)N2CCOCC2)cn1C)C1CCCCC1. The number of carbonyl (C=O) groups excluding carboxylic acids is 1. The predicted octanol–water partition coefficient (Wildman–Crippen LogP) is 1.84. The average Bonchev–Trinajstić information content (AvgIpc) is 3.06. The number of aryl methyl sites for hydroxylation is 1. The summed E-state index contributed by atoms with van der Waals surface area (Å²) in [4.78, 5) is 15.2. The first-order chi connectivity index (χ1) is 12.4. The van der Waals surface area contributed by atoms with Crippen LogP contribution in [-0.4, -0.2) is 67.0 Å². The molecule has 2 aliphatic rings. The van der Waals surface area contributed by atoms with Crippen LogP contribution in [0.15, 0.2) is 17.2 Å². The van der Waals surface area contributed by atoms with Gasteiger partial charge < -0.3 is 14.2 Å². The van der Waals surface area contributed by atoms with Gasteiger partial charge in [0, 0.05) is 38.9 Å². The van der Waals surface area contributed by atoms with Crippen molar-refractivity contribution in [3.63, 3.8) is 0 Å². The highest BCUT2D eigenvalue weighted by Gasteiger charge is 2.31. The molecule has 0 bridgehead atoms. The van der Waals surface area contributed by atoms with Gasteiger partial charge in [0.05, 0.1) is 13.2 Å². The van der Waals surface area contributed by atoms with Gasteiger partial charge in [0.15, 0.2) is 0 Å². The van der Waals surface area contributed by atoms with Crippen molar-refractivity contribution in [3.05, 3.63) is 18.0 Å². The Balaban J connectivity index is 1.83. The Kier molecular flexibility index (Phi) is 6.04. The van der Waals surface area contributed by atoms with E-state index in [9.17, 15) is 13.2 Å². The van der Waals surface area contributed by atoms with E-state index in [0.717, 1.165) is 25.7 Å². The van der Waals surface area contributed by atoms with E-state index < -0.39 is 10.0 Å². The summed E-state index contributed by atoms with van der Waals surface area (Å²) < 4.78 is 34.0. The Morgan fingerprint density at radius 2 is 1.88 bits per heavy atom. The summed E-state index contributed by atoms with van der Waals surface area (Å²) >= 11 is 0. The molecule has 0 aromatic carbocycles. The lowest BCUT2D eigenvalue weighted by molar-refractivity contribution is 0.0638. The van der Waals surface area contributed by atoms with Gasteiger partial charge in [-0.3, -0.25) is 4.79 Å². The third-order valence-corrected chi connectivity index (χ3v) is 7.29. The van der Waals surface area contributed by atoms with Crippen LogP contribution in [-0.2, 0) is 21.8 Å². The fraction of sp³-hybridized carbons (Fsp3) is 0.722. The molecule has 1 aliphatic carbocycles. The number of aromatic nitrogens is 1. The van der Waals surface area contributed by atoms with E-state index in [1.54, 1.807) is 17.8 Å². The van der Waals surface area contributed by atoms with E-state index in [1.165, 1.54) is 16.8 Å². The number of hydrogen-bond acceptors (Lipinski definition) is 4. The number of nitrogens with zero attached hydrogens (tertiary/aromatic N) is 3. The van der Waals surface area contributed by atoms with E-state index in [2.05, 4.69) is 0 Å². The van der Waals surface area contributed by atoms with Crippen LogP contribution in [0, 0.1) is 0 Å². The van der Waals surface area contributed by atoms with Crippen molar-refractivity contribution >= 4 is 15.9 Å². The molecule has 0 spiro atoms. The molecule has 1 aromatic rings. The smallest absolute Gasteiger partial charge is 0.270 e. The Hall–Kier alpha value is -1.38. The molecule has 7 nitrogen and oxygen atoms in total. The maximum Gasteiger partial charge on any atom is 0.270 e. The molecule has 8 heteroatoms. The number of hydrogen-bond donors (Lipinski definition) is 0. The van der Waals surface area contributed by atoms with Gasteiger partial charge in [-0.05, 0) is 25.8 Å². The lowest BCUT2D eigenvalue weighted by Crippen LogP contribution is -2.42. The first-order valence-electron chi connectivity index (χ1n) is 9.50. The zero-order valence-electron chi connectivity index (χ0n) is 15.7. The standard InChI is InChI=1S/C18H29N3O4S/c1-3-21(15-7-5-4-6-8-15)18(22)17-13-16(14-19(17)2)26(23,24)20-9-11-25-12-10-20/h13-15H,3-12H2,1-2H3. The minimum absolute atomic E-state index is 0.0784. The number of carbonyl (C=O) groups is 1. The molecule has 2 fully saturated rings. The Labute approximate surface area is 156 Å². The summed E-state index contributed by atoms with van der Waals surface area (Å²) in [7, 11) is -1.86. The quantitative estimate of drug-likeness (QED) is 0.778. The maximum atomic E-state index is 13.1. The van der Waals surface area contributed by atoms with Crippen LogP contribution in [0.2, 0.25) is 0 Å². The van der Waals surface area contributed by atoms with E-state index in [-0.39, 0.29) is 16.8 Å². The first-order valence-corrected chi connectivity index (χ1v) is 10.9. The minimum atomic E-state index is -3.59. The third-order valence-electron chi connectivity index (χ3n) is 5.42. The molecule has 1 aliphatic heterocycles. The Morgan fingerprint density at radius 1 is 1.23 bits per heavy atom. The fourth-order valence-corrected chi connectivity index (χ4v) is 5.41. The van der Waals surface area contributed by atoms with Gasteiger partial charge in [0.2, 0.25) is 10.0 Å². The molecule has 1 aromatic heterocycles. The van der Waals surface area contributed by atoms with E-state index >= 15 is 0 Å². The monoisotopic (exact) mass is 383 g/mol. The molecular formula is C18H29N3O4S. The molecule has 1 saturated heterocycles. The van der Waals surface area contributed by atoms with Crippen molar-refractivity contribution in [2.24, 2.45) is 7.05 Å². The average molecular weight is 384 g/mol. The van der Waals surface area contributed by atoms with Crippen molar-refractivity contribution in [1.29, 1.82) is 0 Å². The van der Waals surface area contributed by atoms with Crippen molar-refractivity contribution in [2.45, 2.75) is 50.0 Å². The molecule has 0 N–H and O–H groups in total. The molecule has 1 amide bonds. The summed E-state index contributed by atoms with van der Waals surface area (Å²) in [5.41, 5.74) is 0.434. The van der Waals surface area contributed by atoms with Crippen LogP contribution in [0.1, 0.15) is 49.5 Å². The van der Waals surface area contributed by atoms with Gasteiger partial charge in [-0.15, -0.1) is 0 Å². The first kappa shape index (κ1) is 19.4. The van der Waals surface area contributed by atoms with Crippen molar-refractivity contribution in [2.75, 3.05) is 32.8 Å². The van der Waals surface area contributed by atoms with Gasteiger partial charge in [-0.1, -0.05) is 19.3 Å². The van der Waals surface area contributed by atoms with Crippen molar-refractivity contribution in [1.82, 2.24) is 13.8 Å². The summed E-state index contributed by atoms with van der Waals surface area (Å²) in [6.07, 6.45) is 7.14. The maximum absolute atomic E-state index is 13.1. The van der Waals surface area contributed by atoms with Crippen molar-refractivity contribution in [3.8, 4) is 0 Å². The number of amides is 1. The van der Waals surface area contributed by atoms with Crippen LogP contribution in [0.4, 0.5) is 0 Å². The number of rotatable bonds is 5. The summed E-state index contributed by atoms with van der Waals surface area (Å²) in [6, 6.07) is 1.79. The Bertz CT molecular complexity index is 732. The number of morpholine rings is 1. The zero-order chi connectivity index (χ0) is 18.7. The second-order valence-corrected chi connectivity index (χ2v) is 9.01. The molecule has 0 atom stereocenters. The molecule has 3 rings (SSSR count). The van der Waals surface area contributed by atoms with Crippen LogP contribution < -0.4 is 0 Å². The van der Waals surface area contributed by atoms with E-state index in [4.69, 9.17) is 4.74 Å². The molecular weight excluding hydrogens is 354 g/mol. The Morgan fingerprint density at radius 3 is 2.50 bits per heavy atom. The zero-order valence-corrected chi connectivity index (χ0v) is 16.5. The van der Waals surface area contributed by atoms with Crippen LogP contribution in [0.5, 0.6) is 0 Å². The molecule has 1 saturated carbocycles. The minimum Gasteiger partial charge on any atom is -0.379 e. The van der Waals surface area contributed by atoms with Crippen LogP contribution in [0.3, 0.4) is 0 Å². The molecule has 0 radical (unpaired) electrons. The fourth-order valence-electron chi connectivity index (χ4n) is 3.93. The normalized spacial score (nSPS) is 20.2. The van der Waals surface area contributed by atoms with Crippen LogP contribution >= 0.6 is 0 Å². The lowest BCUT2D eigenvalue weighted by atomic mass is 9.94. The second-order valence-electron chi connectivity index (χ2n) is 7.07. The summed E-state index contributed by atoms with van der Waals surface area (Å²) in [5, 5.41) is 0. The largest absolute Gasteiger partial charge is 0.379 e. The predicted molar refractivity (Wildman–Crippen MR) is 98.6 cm³/mol. The molecule has 2 heterocycles. The molecule has 0 unspecified atom stereocenters. The topological polar surface area (TPSA) is 71.8 Å². The number of sulfonamides is 1. The van der Waals surface area contributed by atoms with E-state index in [0.29, 0.717) is 38.5 Å². The molecule has 26 heavy (non-hydrogen) atoms.